The third-order valence-electron chi connectivity index (χ3n) is 5.50. The van der Waals surface area contributed by atoms with Crippen LogP contribution in [0.1, 0.15) is 21.5 Å². The van der Waals surface area contributed by atoms with Crippen molar-refractivity contribution in [2.24, 2.45) is 0 Å². The van der Waals surface area contributed by atoms with E-state index in [9.17, 15) is 31.6 Å². The first-order valence-corrected chi connectivity index (χ1v) is 13.6. The van der Waals surface area contributed by atoms with Gasteiger partial charge in [-0.15, -0.1) is 4.47 Å². The summed E-state index contributed by atoms with van der Waals surface area (Å²) in [5.41, 5.74) is -0.351. The van der Waals surface area contributed by atoms with Gasteiger partial charge in [0.05, 0.1) is 6.26 Å². The number of carbonyl (C=O) groups is 1. The normalized spacial score (nSPS) is 11.8. The molecule has 0 saturated carbocycles. The monoisotopic (exact) mass is 582 g/mol. The molecule has 0 radical (unpaired) electrons. The summed E-state index contributed by atoms with van der Waals surface area (Å²) in [4.78, 5) is 27.8. The number of nitrogens with zero attached hydrogens (tertiary/aromatic N) is 6. The van der Waals surface area contributed by atoms with E-state index in [1.165, 1.54) is 24.4 Å². The number of benzene rings is 1. The molecule has 12 nitrogen and oxygen atoms in total. The number of hydrogen-bond donors (Lipinski definition) is 3. The molecule has 3 N–H and O–H groups in total. The summed E-state index contributed by atoms with van der Waals surface area (Å²) >= 11 is 0. The third kappa shape index (κ3) is 8.00. The van der Waals surface area contributed by atoms with Crippen LogP contribution < -0.4 is 15.1 Å². The van der Waals surface area contributed by atoms with Crippen molar-refractivity contribution in [1.29, 1.82) is 0 Å². The highest BCUT2D eigenvalue weighted by molar-refractivity contribution is 7.91. The van der Waals surface area contributed by atoms with E-state index < -0.39 is 27.6 Å². The summed E-state index contributed by atoms with van der Waals surface area (Å²) < 4.78 is 64.5. The summed E-state index contributed by atoms with van der Waals surface area (Å²) in [6, 6.07) is 9.19. The van der Waals surface area contributed by atoms with Crippen molar-refractivity contribution in [3.05, 3.63) is 65.5 Å². The summed E-state index contributed by atoms with van der Waals surface area (Å²) in [6.07, 6.45) is -2.24. The second kappa shape index (κ2) is 12.4. The Morgan fingerprint density at radius 2 is 1.80 bits per heavy atom. The van der Waals surface area contributed by atoms with E-state index in [-0.39, 0.29) is 34.3 Å². The Labute approximate surface area is 229 Å². The highest BCUT2D eigenvalue weighted by Gasteiger charge is 2.35. The van der Waals surface area contributed by atoms with Gasteiger partial charge in [-0.05, 0) is 38.4 Å². The van der Waals surface area contributed by atoms with Gasteiger partial charge < -0.3 is 20.4 Å². The zero-order valence-electron chi connectivity index (χ0n) is 22.1. The molecule has 1 amide bonds. The maximum Gasteiger partial charge on any atom is 0.421 e. The number of halogens is 3. The average molecular weight is 583 g/mol. The van der Waals surface area contributed by atoms with E-state index in [2.05, 4.69) is 25.6 Å². The minimum atomic E-state index is -4.81. The minimum absolute atomic E-state index is 0.0616. The van der Waals surface area contributed by atoms with Gasteiger partial charge in [0, 0.05) is 55.9 Å². The molecule has 2 aromatic heterocycles. The molecule has 0 unspecified atom stereocenters. The number of pyridine rings is 1. The quantitative estimate of drug-likeness (QED) is 0.289. The number of nitrogens with one attached hydrogen (secondary N) is 2. The highest BCUT2D eigenvalue weighted by Crippen LogP contribution is 2.34. The summed E-state index contributed by atoms with van der Waals surface area (Å²) in [5, 5.41) is 15.3. The van der Waals surface area contributed by atoms with Crippen LogP contribution in [-0.2, 0) is 22.7 Å². The summed E-state index contributed by atoms with van der Waals surface area (Å²) in [5.74, 6) is -1.40. The van der Waals surface area contributed by atoms with E-state index >= 15 is 0 Å². The third-order valence-corrected chi connectivity index (χ3v) is 6.30. The Bertz CT molecular complexity index is 1450. The van der Waals surface area contributed by atoms with E-state index in [0.717, 1.165) is 6.26 Å². The van der Waals surface area contributed by atoms with Crippen LogP contribution in [0.2, 0.25) is 0 Å². The fraction of sp³-hybridized carbons (Fsp3) is 0.333. The molecule has 16 heteroatoms. The molecule has 1 aromatic carbocycles. The number of anilines is 4. The van der Waals surface area contributed by atoms with Gasteiger partial charge in [0.1, 0.15) is 11.4 Å². The molecule has 0 atom stereocenters. The van der Waals surface area contributed by atoms with Crippen LogP contribution in [-0.4, -0.2) is 84.8 Å². The van der Waals surface area contributed by atoms with Crippen LogP contribution in [0.5, 0.6) is 0 Å². The van der Waals surface area contributed by atoms with Crippen LogP contribution in [0.25, 0.3) is 0 Å². The van der Waals surface area contributed by atoms with Crippen molar-refractivity contribution in [3.8, 4) is 0 Å². The number of amides is 1. The van der Waals surface area contributed by atoms with E-state index in [4.69, 9.17) is 0 Å². The Kier molecular flexibility index (Phi) is 9.49. The van der Waals surface area contributed by atoms with Gasteiger partial charge in [0.15, 0.2) is 5.82 Å². The molecule has 0 aliphatic carbocycles. The lowest BCUT2D eigenvalue weighted by molar-refractivity contribution is -0.137. The van der Waals surface area contributed by atoms with Crippen molar-refractivity contribution in [2.45, 2.75) is 12.7 Å². The molecule has 0 fully saturated rings. The van der Waals surface area contributed by atoms with Gasteiger partial charge in [0.25, 0.3) is 15.9 Å². The summed E-state index contributed by atoms with van der Waals surface area (Å²) in [7, 11) is 1.35. The molecule has 0 aliphatic heterocycles. The first-order valence-electron chi connectivity index (χ1n) is 11.7. The number of carbonyl (C=O) groups excluding carboxylic acids is 1. The lowest BCUT2D eigenvalue weighted by atomic mass is 10.1. The molecule has 0 bridgehead atoms. The van der Waals surface area contributed by atoms with Gasteiger partial charge >= 0.3 is 6.18 Å². The minimum Gasteiger partial charge on any atom is -0.365 e. The van der Waals surface area contributed by atoms with Crippen LogP contribution in [0.15, 0.2) is 48.8 Å². The molecule has 0 saturated heterocycles. The Balaban J connectivity index is 1.85. The Morgan fingerprint density at radius 3 is 2.45 bits per heavy atom. The van der Waals surface area contributed by atoms with E-state index in [1.54, 1.807) is 30.1 Å². The maximum absolute atomic E-state index is 13.7. The number of rotatable bonds is 11. The molecule has 40 heavy (non-hydrogen) atoms. The van der Waals surface area contributed by atoms with Gasteiger partial charge in [-0.2, -0.15) is 18.2 Å². The predicted octanol–water partition coefficient (Wildman–Crippen LogP) is 3.03. The molecular formula is C24H29F3N8O4S. The number of likely N-dealkylation sites (N-methyl/N-ethyl adjacent to an activating group) is 2. The average Bonchev–Trinajstić information content (AvgIpc) is 2.89. The lowest BCUT2D eigenvalue weighted by Crippen LogP contribution is -2.33. The van der Waals surface area contributed by atoms with Gasteiger partial charge in [-0.3, -0.25) is 10.0 Å². The second-order valence-electron chi connectivity index (χ2n) is 9.04. The number of alkyl halides is 3. The molecule has 0 aliphatic rings. The molecule has 3 aromatic rings. The summed E-state index contributed by atoms with van der Waals surface area (Å²) in [6.45, 7) is 0.802. The zero-order valence-corrected chi connectivity index (χ0v) is 23.0. The van der Waals surface area contributed by atoms with Crippen LogP contribution >= 0.6 is 0 Å². The molecule has 216 valence electrons. The fourth-order valence-electron chi connectivity index (χ4n) is 3.39. The van der Waals surface area contributed by atoms with Crippen molar-refractivity contribution >= 4 is 39.2 Å². The Hall–Kier alpha value is -4.02. The number of aromatic nitrogens is 3. The van der Waals surface area contributed by atoms with Gasteiger partial charge in [0.2, 0.25) is 5.95 Å². The fourth-order valence-corrected chi connectivity index (χ4v) is 3.87. The topological polar surface area (TPSA) is 144 Å². The highest BCUT2D eigenvalue weighted by atomic mass is 32.2. The largest absolute Gasteiger partial charge is 0.421 e. The van der Waals surface area contributed by atoms with E-state index in [1.807, 2.05) is 19.0 Å². The van der Waals surface area contributed by atoms with Gasteiger partial charge in [-0.25, -0.2) is 18.4 Å². The zero-order chi connectivity index (χ0) is 29.7. The van der Waals surface area contributed by atoms with Crippen LogP contribution in [0, 0.1) is 0 Å². The molecule has 0 spiro atoms. The maximum atomic E-state index is 13.7. The SMILES string of the molecule is CN(C)CCN(C)C(=O)c1cccc(Nc2ncc(C(F)(F)F)c(NCc3cccnc3N(O)S(C)(=O)=O)n2)c1. The number of hydrogen-bond acceptors (Lipinski definition) is 10. The lowest BCUT2D eigenvalue weighted by Gasteiger charge is -2.20. The smallest absolute Gasteiger partial charge is 0.365 e. The van der Waals surface area contributed by atoms with E-state index in [0.29, 0.717) is 30.5 Å². The van der Waals surface area contributed by atoms with Gasteiger partial charge in [-0.1, -0.05) is 12.1 Å². The molecule has 3 rings (SSSR count). The predicted molar refractivity (Wildman–Crippen MR) is 143 cm³/mol. The first-order chi connectivity index (χ1) is 18.7. The molecular weight excluding hydrogens is 553 g/mol. The van der Waals surface area contributed by atoms with Crippen LogP contribution in [0.3, 0.4) is 0 Å². The van der Waals surface area contributed by atoms with Crippen molar-refractivity contribution in [1.82, 2.24) is 24.8 Å². The van der Waals surface area contributed by atoms with Crippen LogP contribution in [0.4, 0.5) is 36.4 Å². The number of sulfonamides is 1. The first kappa shape index (κ1) is 30.5. The van der Waals surface area contributed by atoms with Crippen molar-refractivity contribution < 1.29 is 31.6 Å². The Morgan fingerprint density at radius 1 is 1.07 bits per heavy atom. The molecule has 2 heterocycles. The standard InChI is InChI=1S/C24H29F3N8O4S/c1-33(2)11-12-34(3)22(36)16-7-5-9-18(13-16)31-23-30-15-19(24(25,26)27)20(32-23)29-14-17-8-6-10-28-21(17)35(37)40(4,38)39/h5-10,13,15,37H,11-12,14H2,1-4H3,(H2,29,30,31,32). The van der Waals surface area contributed by atoms with Crippen molar-refractivity contribution in [2.75, 3.05) is 55.6 Å². The second-order valence-corrected chi connectivity index (χ2v) is 10.8. The van der Waals surface area contributed by atoms with Crippen molar-refractivity contribution in [3.63, 3.8) is 0 Å².